The molecular weight excluding hydrogens is 268 g/mol. The molecule has 0 atom stereocenters. The second-order valence-electron chi connectivity index (χ2n) is 4.28. The molecule has 1 aromatic heterocycles. The van der Waals surface area contributed by atoms with Crippen LogP contribution in [0.15, 0.2) is 22.8 Å². The SMILES string of the molecule is COC1(Cc2ccc(Br)cn2)CCNCC1. The van der Waals surface area contributed by atoms with Crippen LogP contribution in [-0.4, -0.2) is 30.8 Å². The van der Waals surface area contributed by atoms with E-state index in [1.807, 2.05) is 19.4 Å². The molecule has 2 rings (SSSR count). The van der Waals surface area contributed by atoms with E-state index in [2.05, 4.69) is 32.3 Å². The molecule has 0 radical (unpaired) electrons. The predicted molar refractivity (Wildman–Crippen MR) is 67.5 cm³/mol. The third-order valence-electron chi connectivity index (χ3n) is 3.24. The normalized spacial score (nSPS) is 19.6. The van der Waals surface area contributed by atoms with Crippen molar-refractivity contribution in [3.05, 3.63) is 28.5 Å². The number of ether oxygens (including phenoxy) is 1. The summed E-state index contributed by atoms with van der Waals surface area (Å²) < 4.78 is 6.74. The van der Waals surface area contributed by atoms with Crippen molar-refractivity contribution in [3.8, 4) is 0 Å². The van der Waals surface area contributed by atoms with E-state index in [9.17, 15) is 0 Å². The Morgan fingerprint density at radius 3 is 2.75 bits per heavy atom. The molecule has 0 bridgehead atoms. The molecule has 0 spiro atoms. The van der Waals surface area contributed by atoms with E-state index in [0.29, 0.717) is 0 Å². The van der Waals surface area contributed by atoms with E-state index in [1.165, 1.54) is 0 Å². The first kappa shape index (κ1) is 12.0. The topological polar surface area (TPSA) is 34.1 Å². The maximum Gasteiger partial charge on any atom is 0.0758 e. The number of nitrogens with one attached hydrogen (secondary N) is 1. The van der Waals surface area contributed by atoms with Gasteiger partial charge in [-0.25, -0.2) is 0 Å². The molecule has 0 amide bonds. The van der Waals surface area contributed by atoms with E-state index in [4.69, 9.17) is 4.74 Å². The molecule has 0 aromatic carbocycles. The summed E-state index contributed by atoms with van der Waals surface area (Å²) in [6.45, 7) is 2.06. The second kappa shape index (κ2) is 5.25. The molecule has 0 aliphatic carbocycles. The van der Waals surface area contributed by atoms with Crippen LogP contribution in [0.1, 0.15) is 18.5 Å². The number of methoxy groups -OCH3 is 1. The van der Waals surface area contributed by atoms with E-state index in [-0.39, 0.29) is 5.60 Å². The summed E-state index contributed by atoms with van der Waals surface area (Å²) in [6.07, 6.45) is 4.86. The van der Waals surface area contributed by atoms with Gasteiger partial charge in [-0.2, -0.15) is 0 Å². The van der Waals surface area contributed by atoms with Crippen LogP contribution in [0.3, 0.4) is 0 Å². The highest BCUT2D eigenvalue weighted by atomic mass is 79.9. The quantitative estimate of drug-likeness (QED) is 0.924. The van der Waals surface area contributed by atoms with Crippen LogP contribution in [-0.2, 0) is 11.2 Å². The molecule has 3 nitrogen and oxygen atoms in total. The van der Waals surface area contributed by atoms with Gasteiger partial charge in [0.25, 0.3) is 0 Å². The van der Waals surface area contributed by atoms with Crippen molar-refractivity contribution in [3.63, 3.8) is 0 Å². The summed E-state index contributed by atoms with van der Waals surface area (Å²) in [5.74, 6) is 0. The summed E-state index contributed by atoms with van der Waals surface area (Å²) in [7, 11) is 1.81. The average Bonchev–Trinajstić information content (AvgIpc) is 2.33. The third-order valence-corrected chi connectivity index (χ3v) is 3.71. The van der Waals surface area contributed by atoms with Gasteiger partial charge in [-0.1, -0.05) is 0 Å². The van der Waals surface area contributed by atoms with Gasteiger partial charge in [-0.15, -0.1) is 0 Å². The van der Waals surface area contributed by atoms with E-state index in [0.717, 1.165) is 42.5 Å². The van der Waals surface area contributed by atoms with Gasteiger partial charge in [-0.05, 0) is 54.0 Å². The van der Waals surface area contributed by atoms with Crippen molar-refractivity contribution in [2.24, 2.45) is 0 Å². The van der Waals surface area contributed by atoms with Gasteiger partial charge in [-0.3, -0.25) is 4.98 Å². The fraction of sp³-hybridized carbons (Fsp3) is 0.583. The Kier molecular flexibility index (Phi) is 3.95. The Labute approximate surface area is 105 Å². The number of aromatic nitrogens is 1. The van der Waals surface area contributed by atoms with Crippen LogP contribution >= 0.6 is 15.9 Å². The molecule has 4 heteroatoms. The van der Waals surface area contributed by atoms with Gasteiger partial charge in [0.1, 0.15) is 0 Å². The summed E-state index contributed by atoms with van der Waals surface area (Å²) in [5.41, 5.74) is 1.08. The Balaban J connectivity index is 2.08. The van der Waals surface area contributed by atoms with Gasteiger partial charge in [0.05, 0.1) is 5.60 Å². The van der Waals surface area contributed by atoms with Crippen molar-refractivity contribution < 1.29 is 4.74 Å². The lowest BCUT2D eigenvalue weighted by Crippen LogP contribution is -2.45. The zero-order valence-electron chi connectivity index (χ0n) is 9.50. The molecule has 1 aliphatic rings. The monoisotopic (exact) mass is 284 g/mol. The zero-order valence-corrected chi connectivity index (χ0v) is 11.1. The fourth-order valence-electron chi connectivity index (χ4n) is 2.18. The predicted octanol–water partition coefficient (Wildman–Crippen LogP) is 2.16. The molecule has 16 heavy (non-hydrogen) atoms. The summed E-state index contributed by atoms with van der Waals surface area (Å²) >= 11 is 3.40. The lowest BCUT2D eigenvalue weighted by molar-refractivity contribution is -0.0340. The molecule has 88 valence electrons. The van der Waals surface area contributed by atoms with Crippen molar-refractivity contribution in [2.75, 3.05) is 20.2 Å². The molecular formula is C12H17BrN2O. The molecule has 2 heterocycles. The van der Waals surface area contributed by atoms with Crippen LogP contribution < -0.4 is 5.32 Å². The average molecular weight is 285 g/mol. The van der Waals surface area contributed by atoms with E-state index >= 15 is 0 Å². The first-order valence-corrected chi connectivity index (χ1v) is 6.40. The van der Waals surface area contributed by atoms with Crippen LogP contribution in [0, 0.1) is 0 Å². The maximum atomic E-state index is 5.72. The highest BCUT2D eigenvalue weighted by Crippen LogP contribution is 2.26. The summed E-state index contributed by atoms with van der Waals surface area (Å²) in [6, 6.07) is 4.10. The van der Waals surface area contributed by atoms with Gasteiger partial charge < -0.3 is 10.1 Å². The Morgan fingerprint density at radius 1 is 1.44 bits per heavy atom. The van der Waals surface area contributed by atoms with Crippen LogP contribution in [0.5, 0.6) is 0 Å². The minimum absolute atomic E-state index is 0.0217. The molecule has 0 saturated carbocycles. The van der Waals surface area contributed by atoms with Crippen LogP contribution in [0.25, 0.3) is 0 Å². The standard InChI is InChI=1S/C12H17BrN2O/c1-16-12(4-6-14-7-5-12)8-11-3-2-10(13)9-15-11/h2-3,9,14H,4-8H2,1H3. The van der Waals surface area contributed by atoms with Gasteiger partial charge >= 0.3 is 0 Å². The minimum atomic E-state index is -0.0217. The minimum Gasteiger partial charge on any atom is -0.378 e. The zero-order chi connectivity index (χ0) is 11.4. The van der Waals surface area contributed by atoms with Crippen LogP contribution in [0.2, 0.25) is 0 Å². The first-order valence-electron chi connectivity index (χ1n) is 5.60. The number of hydrogen-bond donors (Lipinski definition) is 1. The second-order valence-corrected chi connectivity index (χ2v) is 5.20. The number of nitrogens with zero attached hydrogens (tertiary/aromatic N) is 1. The van der Waals surface area contributed by atoms with Gasteiger partial charge in [0.15, 0.2) is 0 Å². The van der Waals surface area contributed by atoms with Crippen molar-refractivity contribution in [1.82, 2.24) is 10.3 Å². The molecule has 1 fully saturated rings. The smallest absolute Gasteiger partial charge is 0.0758 e. The molecule has 1 N–H and O–H groups in total. The number of piperidine rings is 1. The fourth-order valence-corrected chi connectivity index (χ4v) is 2.41. The third kappa shape index (κ3) is 2.81. The highest BCUT2D eigenvalue weighted by molar-refractivity contribution is 9.10. The molecule has 1 aliphatic heterocycles. The maximum absolute atomic E-state index is 5.72. The summed E-state index contributed by atoms with van der Waals surface area (Å²) in [4.78, 5) is 4.42. The lowest BCUT2D eigenvalue weighted by Gasteiger charge is -2.36. The van der Waals surface area contributed by atoms with Gasteiger partial charge in [0.2, 0.25) is 0 Å². The first-order chi connectivity index (χ1) is 7.74. The number of halogens is 1. The lowest BCUT2D eigenvalue weighted by atomic mass is 9.87. The highest BCUT2D eigenvalue weighted by Gasteiger charge is 2.32. The molecule has 1 aromatic rings. The molecule has 0 unspecified atom stereocenters. The Morgan fingerprint density at radius 2 is 2.19 bits per heavy atom. The summed E-state index contributed by atoms with van der Waals surface area (Å²) in [5, 5.41) is 3.36. The van der Waals surface area contributed by atoms with E-state index < -0.39 is 0 Å². The van der Waals surface area contributed by atoms with Crippen molar-refractivity contribution in [2.45, 2.75) is 24.9 Å². The van der Waals surface area contributed by atoms with Crippen molar-refractivity contribution in [1.29, 1.82) is 0 Å². The number of rotatable bonds is 3. The van der Waals surface area contributed by atoms with Crippen molar-refractivity contribution >= 4 is 15.9 Å². The van der Waals surface area contributed by atoms with Gasteiger partial charge in [0, 0.05) is 29.9 Å². The van der Waals surface area contributed by atoms with Crippen LogP contribution in [0.4, 0.5) is 0 Å². The Hall–Kier alpha value is -0.450. The van der Waals surface area contributed by atoms with E-state index in [1.54, 1.807) is 0 Å². The largest absolute Gasteiger partial charge is 0.378 e. The number of pyridine rings is 1. The Bertz CT molecular complexity index is 333. The molecule has 1 saturated heterocycles. The number of hydrogen-bond acceptors (Lipinski definition) is 3.